The highest BCUT2D eigenvalue weighted by atomic mass is 32.2. The van der Waals surface area contributed by atoms with E-state index in [1.165, 1.54) is 26.2 Å². The van der Waals surface area contributed by atoms with E-state index in [0.717, 1.165) is 11.6 Å². The molecular formula is C19H22N2O6S2. The molecule has 1 atom stereocenters. The van der Waals surface area contributed by atoms with E-state index in [1.807, 2.05) is 30.3 Å². The molecule has 0 aliphatic carbocycles. The minimum atomic E-state index is -4.00. The van der Waals surface area contributed by atoms with Crippen LogP contribution in [0.15, 0.2) is 53.4 Å². The Morgan fingerprint density at radius 1 is 1.17 bits per heavy atom. The van der Waals surface area contributed by atoms with Crippen LogP contribution in [0.2, 0.25) is 0 Å². The number of rotatable bonds is 7. The molecule has 1 fully saturated rings. The van der Waals surface area contributed by atoms with E-state index in [0.29, 0.717) is 10.7 Å². The van der Waals surface area contributed by atoms with Crippen LogP contribution in [-0.4, -0.2) is 42.2 Å². The Kier molecular flexibility index (Phi) is 5.97. The van der Waals surface area contributed by atoms with Crippen molar-refractivity contribution in [1.29, 1.82) is 0 Å². The summed E-state index contributed by atoms with van der Waals surface area (Å²) in [5.41, 5.74) is 0.947. The lowest BCUT2D eigenvalue weighted by Crippen LogP contribution is -2.31. The maximum atomic E-state index is 12.8. The Balaban J connectivity index is 1.89. The maximum absolute atomic E-state index is 12.8. The molecule has 0 spiro atoms. The van der Waals surface area contributed by atoms with Crippen molar-refractivity contribution in [2.24, 2.45) is 5.92 Å². The van der Waals surface area contributed by atoms with Crippen molar-refractivity contribution in [3.8, 4) is 5.75 Å². The predicted octanol–water partition coefficient (Wildman–Crippen LogP) is 1.53. The van der Waals surface area contributed by atoms with Crippen molar-refractivity contribution in [3.63, 3.8) is 0 Å². The molecule has 1 heterocycles. The zero-order valence-corrected chi connectivity index (χ0v) is 17.7. The highest BCUT2D eigenvalue weighted by molar-refractivity contribution is 7.94. The van der Waals surface area contributed by atoms with E-state index >= 15 is 0 Å². The zero-order chi connectivity index (χ0) is 21.2. The monoisotopic (exact) mass is 438 g/mol. The summed E-state index contributed by atoms with van der Waals surface area (Å²) < 4.78 is 58.6. The first kappa shape index (κ1) is 21.3. The Labute approximate surface area is 170 Å². The van der Waals surface area contributed by atoms with E-state index in [2.05, 4.69) is 4.72 Å². The lowest BCUT2D eigenvalue weighted by atomic mass is 10.2. The number of ether oxygens (including phenoxy) is 1. The molecule has 1 aliphatic heterocycles. The van der Waals surface area contributed by atoms with Gasteiger partial charge in [0.2, 0.25) is 26.0 Å². The van der Waals surface area contributed by atoms with E-state index in [1.54, 1.807) is 0 Å². The number of carbonyl (C=O) groups excluding carboxylic acids is 1. The Morgan fingerprint density at radius 3 is 2.45 bits per heavy atom. The molecule has 10 heteroatoms. The molecule has 1 unspecified atom stereocenters. The van der Waals surface area contributed by atoms with Crippen LogP contribution >= 0.6 is 0 Å². The van der Waals surface area contributed by atoms with Crippen LogP contribution < -0.4 is 13.8 Å². The highest BCUT2D eigenvalue weighted by Crippen LogP contribution is 2.33. The van der Waals surface area contributed by atoms with Gasteiger partial charge in [-0.25, -0.2) is 25.9 Å². The van der Waals surface area contributed by atoms with Gasteiger partial charge in [0.25, 0.3) is 0 Å². The molecular weight excluding hydrogens is 416 g/mol. The number of amides is 1. The molecule has 3 rings (SSSR count). The minimum Gasteiger partial charge on any atom is -0.495 e. The molecule has 0 aromatic heterocycles. The normalized spacial score (nSPS) is 18.8. The molecule has 1 aliphatic rings. The summed E-state index contributed by atoms with van der Waals surface area (Å²) in [6.07, 6.45) is 0.485. The fourth-order valence-corrected chi connectivity index (χ4v) is 6.17. The van der Waals surface area contributed by atoms with Crippen LogP contribution in [-0.2, 0) is 31.3 Å². The number of sulfonamides is 2. The van der Waals surface area contributed by atoms with Gasteiger partial charge < -0.3 is 4.74 Å². The Hall–Kier alpha value is -2.43. The van der Waals surface area contributed by atoms with Crippen molar-refractivity contribution < 1.29 is 26.4 Å². The van der Waals surface area contributed by atoms with Crippen molar-refractivity contribution in [1.82, 2.24) is 4.72 Å². The standard InChI is InChI=1S/C19H22N2O6S2/c1-14-13-28(23,24)21(19(14)22)16-8-9-17(27-2)18(12-16)29(25,26)20-11-10-15-6-4-3-5-7-15/h3-9,12,14,20H,10-11,13H2,1-2H3. The van der Waals surface area contributed by atoms with Gasteiger partial charge in [0, 0.05) is 6.54 Å². The number of benzene rings is 2. The van der Waals surface area contributed by atoms with Crippen molar-refractivity contribution in [2.45, 2.75) is 18.2 Å². The topological polar surface area (TPSA) is 110 Å². The summed E-state index contributed by atoms with van der Waals surface area (Å²) in [5, 5.41) is 0. The SMILES string of the molecule is COc1ccc(N2C(=O)C(C)CS2(=O)=O)cc1S(=O)(=O)NCCc1ccccc1. The average Bonchev–Trinajstić information content (AvgIpc) is 2.88. The number of carbonyl (C=O) groups is 1. The molecule has 156 valence electrons. The third kappa shape index (κ3) is 4.44. The van der Waals surface area contributed by atoms with Crippen molar-refractivity contribution in [3.05, 3.63) is 54.1 Å². The van der Waals surface area contributed by atoms with Crippen LogP contribution in [0.1, 0.15) is 12.5 Å². The number of anilines is 1. The second-order valence-corrected chi connectivity index (χ2v) is 10.3. The second-order valence-electron chi connectivity index (χ2n) is 6.75. The van der Waals surface area contributed by atoms with Gasteiger partial charge in [0.1, 0.15) is 10.6 Å². The Morgan fingerprint density at radius 2 is 1.86 bits per heavy atom. The molecule has 0 saturated carbocycles. The van der Waals surface area contributed by atoms with Gasteiger partial charge in [0.15, 0.2) is 0 Å². The minimum absolute atomic E-state index is 0.0245. The van der Waals surface area contributed by atoms with Gasteiger partial charge in [-0.15, -0.1) is 0 Å². The number of methoxy groups -OCH3 is 1. The Bertz CT molecular complexity index is 1110. The van der Waals surface area contributed by atoms with Gasteiger partial charge in [-0.05, 0) is 30.2 Å². The first-order valence-corrected chi connectivity index (χ1v) is 12.0. The van der Waals surface area contributed by atoms with Gasteiger partial charge >= 0.3 is 0 Å². The molecule has 2 aromatic rings. The summed E-state index contributed by atoms with van der Waals surface area (Å²) in [7, 11) is -6.53. The molecule has 8 nitrogen and oxygen atoms in total. The third-order valence-electron chi connectivity index (χ3n) is 4.58. The number of nitrogens with one attached hydrogen (secondary N) is 1. The lowest BCUT2D eigenvalue weighted by Gasteiger charge is -2.18. The van der Waals surface area contributed by atoms with Crippen LogP contribution in [0, 0.1) is 5.92 Å². The van der Waals surface area contributed by atoms with Gasteiger partial charge in [-0.3, -0.25) is 4.79 Å². The highest BCUT2D eigenvalue weighted by Gasteiger charge is 2.42. The van der Waals surface area contributed by atoms with Crippen LogP contribution in [0.3, 0.4) is 0 Å². The van der Waals surface area contributed by atoms with E-state index in [4.69, 9.17) is 4.74 Å². The van der Waals surface area contributed by atoms with Gasteiger partial charge in [-0.2, -0.15) is 0 Å². The van der Waals surface area contributed by atoms with Crippen molar-refractivity contribution >= 4 is 31.6 Å². The van der Waals surface area contributed by atoms with Crippen molar-refractivity contribution in [2.75, 3.05) is 23.7 Å². The molecule has 0 bridgehead atoms. The maximum Gasteiger partial charge on any atom is 0.244 e. The first-order chi connectivity index (χ1) is 13.7. The number of hydrogen-bond acceptors (Lipinski definition) is 6. The largest absolute Gasteiger partial charge is 0.495 e. The summed E-state index contributed by atoms with van der Waals surface area (Å²) in [5.74, 6) is -1.53. The molecule has 0 radical (unpaired) electrons. The molecule has 1 saturated heterocycles. The van der Waals surface area contributed by atoms with E-state index < -0.39 is 31.9 Å². The first-order valence-electron chi connectivity index (χ1n) is 8.94. The quantitative estimate of drug-likeness (QED) is 0.702. The summed E-state index contributed by atoms with van der Waals surface area (Å²) in [6.45, 7) is 1.67. The van der Waals surface area contributed by atoms with Gasteiger partial charge in [0.05, 0.1) is 24.5 Å². The van der Waals surface area contributed by atoms with Crippen LogP contribution in [0.25, 0.3) is 0 Å². The van der Waals surface area contributed by atoms with E-state index in [9.17, 15) is 21.6 Å². The van der Waals surface area contributed by atoms with Gasteiger partial charge in [-0.1, -0.05) is 37.3 Å². The average molecular weight is 439 g/mol. The number of nitrogens with zero attached hydrogens (tertiary/aromatic N) is 1. The van der Waals surface area contributed by atoms with E-state index in [-0.39, 0.29) is 28.6 Å². The van der Waals surface area contributed by atoms with Crippen LogP contribution in [0.4, 0.5) is 5.69 Å². The molecule has 1 N–H and O–H groups in total. The lowest BCUT2D eigenvalue weighted by molar-refractivity contribution is -0.119. The molecule has 1 amide bonds. The fraction of sp³-hybridized carbons (Fsp3) is 0.316. The molecule has 29 heavy (non-hydrogen) atoms. The third-order valence-corrected chi connectivity index (χ3v) is 7.93. The summed E-state index contributed by atoms with van der Waals surface area (Å²) in [6, 6.07) is 13.2. The second kappa shape index (κ2) is 8.13. The zero-order valence-electron chi connectivity index (χ0n) is 16.0. The predicted molar refractivity (Wildman–Crippen MR) is 109 cm³/mol. The molecule has 2 aromatic carbocycles. The smallest absolute Gasteiger partial charge is 0.244 e. The fourth-order valence-electron chi connectivity index (χ4n) is 3.14. The summed E-state index contributed by atoms with van der Waals surface area (Å²) >= 11 is 0. The number of hydrogen-bond donors (Lipinski definition) is 1. The summed E-state index contributed by atoms with van der Waals surface area (Å²) in [4.78, 5) is 12.1. The van der Waals surface area contributed by atoms with Crippen LogP contribution in [0.5, 0.6) is 5.75 Å².